The van der Waals surface area contributed by atoms with Crippen LogP contribution in [0.4, 0.5) is 11.4 Å². The molecule has 0 spiro atoms. The number of nitrogens with zero attached hydrogens (tertiary/aromatic N) is 1. The van der Waals surface area contributed by atoms with Crippen LogP contribution in [-0.2, 0) is 10.0 Å². The van der Waals surface area contributed by atoms with Gasteiger partial charge in [0, 0.05) is 13.1 Å². The lowest BCUT2D eigenvalue weighted by Crippen LogP contribution is -2.24. The highest BCUT2D eigenvalue weighted by molar-refractivity contribution is 7.89. The molecule has 0 atom stereocenters. The lowest BCUT2D eigenvalue weighted by Gasteiger charge is -2.10. The van der Waals surface area contributed by atoms with E-state index in [9.17, 15) is 18.5 Å². The first-order valence-corrected chi connectivity index (χ1v) is 7.43. The molecule has 0 amide bonds. The van der Waals surface area contributed by atoms with Crippen molar-refractivity contribution in [2.75, 3.05) is 18.4 Å². The third-order valence-electron chi connectivity index (χ3n) is 2.37. The molecule has 0 saturated carbocycles. The Hall–Kier alpha value is -1.67. The van der Waals surface area contributed by atoms with Crippen LogP contribution in [0.15, 0.2) is 23.1 Å². The van der Waals surface area contributed by atoms with E-state index in [1.54, 1.807) is 6.92 Å². The highest BCUT2D eigenvalue weighted by Gasteiger charge is 2.28. The van der Waals surface area contributed by atoms with Crippen LogP contribution in [0.3, 0.4) is 0 Å². The molecule has 106 valence electrons. The summed E-state index contributed by atoms with van der Waals surface area (Å²) < 4.78 is 26.1. The van der Waals surface area contributed by atoms with Gasteiger partial charge in [0.1, 0.15) is 5.69 Å². The molecule has 1 rings (SSSR count). The number of sulfonamides is 1. The molecule has 2 N–H and O–H groups in total. The van der Waals surface area contributed by atoms with E-state index in [0.717, 1.165) is 6.42 Å². The molecule has 0 bridgehead atoms. The van der Waals surface area contributed by atoms with Crippen molar-refractivity contribution in [1.29, 1.82) is 0 Å². The van der Waals surface area contributed by atoms with Gasteiger partial charge < -0.3 is 5.32 Å². The summed E-state index contributed by atoms with van der Waals surface area (Å²) >= 11 is 0. The Kier molecular flexibility index (Phi) is 5.25. The summed E-state index contributed by atoms with van der Waals surface area (Å²) in [5, 5.41) is 14.0. The van der Waals surface area contributed by atoms with Crippen LogP contribution in [0, 0.1) is 10.1 Å². The topological polar surface area (TPSA) is 101 Å². The van der Waals surface area contributed by atoms with Gasteiger partial charge in [-0.1, -0.05) is 19.9 Å². The fourth-order valence-electron chi connectivity index (χ4n) is 1.60. The maximum atomic E-state index is 11.9. The maximum absolute atomic E-state index is 11.9. The van der Waals surface area contributed by atoms with Crippen molar-refractivity contribution in [3.05, 3.63) is 28.3 Å². The van der Waals surface area contributed by atoms with Crippen LogP contribution >= 0.6 is 0 Å². The summed E-state index contributed by atoms with van der Waals surface area (Å²) in [7, 11) is -3.87. The van der Waals surface area contributed by atoms with Crippen molar-refractivity contribution < 1.29 is 13.3 Å². The number of nitrogens with one attached hydrogen (secondary N) is 2. The van der Waals surface area contributed by atoms with Gasteiger partial charge in [-0.15, -0.1) is 0 Å². The van der Waals surface area contributed by atoms with Gasteiger partial charge in [-0.05, 0) is 18.6 Å². The van der Waals surface area contributed by atoms with Crippen molar-refractivity contribution >= 4 is 21.4 Å². The number of para-hydroxylation sites is 1. The Morgan fingerprint density at radius 1 is 1.32 bits per heavy atom. The first kappa shape index (κ1) is 15.4. The Morgan fingerprint density at radius 3 is 2.53 bits per heavy atom. The average Bonchev–Trinajstić information content (AvgIpc) is 2.35. The van der Waals surface area contributed by atoms with Gasteiger partial charge >= 0.3 is 5.69 Å². The molecule has 0 saturated heterocycles. The average molecular weight is 287 g/mol. The van der Waals surface area contributed by atoms with Crippen molar-refractivity contribution in [3.8, 4) is 0 Å². The van der Waals surface area contributed by atoms with Gasteiger partial charge in [0.05, 0.1) is 4.92 Å². The molecule has 0 unspecified atom stereocenters. The lowest BCUT2D eigenvalue weighted by molar-refractivity contribution is -0.386. The molecule has 0 heterocycles. The first-order chi connectivity index (χ1) is 8.94. The third-order valence-corrected chi connectivity index (χ3v) is 3.95. The molecule has 1 aromatic rings. The van der Waals surface area contributed by atoms with Crippen molar-refractivity contribution in [2.24, 2.45) is 0 Å². The molecule has 8 heteroatoms. The number of benzene rings is 1. The molecular weight excluding hydrogens is 270 g/mol. The van der Waals surface area contributed by atoms with E-state index < -0.39 is 20.6 Å². The second kappa shape index (κ2) is 6.48. The molecular formula is C11H17N3O4S. The number of rotatable bonds is 7. The summed E-state index contributed by atoms with van der Waals surface area (Å²) in [6.07, 6.45) is 0.779. The number of hydrogen-bond acceptors (Lipinski definition) is 5. The van der Waals surface area contributed by atoms with Crippen LogP contribution in [0.5, 0.6) is 0 Å². The van der Waals surface area contributed by atoms with Crippen molar-refractivity contribution in [1.82, 2.24) is 4.72 Å². The fraction of sp³-hybridized carbons (Fsp3) is 0.455. The summed E-state index contributed by atoms with van der Waals surface area (Å²) in [4.78, 5) is 10.1. The smallest absolute Gasteiger partial charge is 0.312 e. The Labute approximate surface area is 112 Å². The van der Waals surface area contributed by atoms with Gasteiger partial charge in [-0.3, -0.25) is 10.1 Å². The van der Waals surface area contributed by atoms with Crippen LogP contribution in [0.25, 0.3) is 0 Å². The quantitative estimate of drug-likeness (QED) is 0.587. The zero-order valence-electron chi connectivity index (χ0n) is 10.8. The van der Waals surface area contributed by atoms with Gasteiger partial charge in [-0.2, -0.15) is 0 Å². The minimum absolute atomic E-state index is 0.173. The second-order valence-corrected chi connectivity index (χ2v) is 5.57. The summed E-state index contributed by atoms with van der Waals surface area (Å²) in [5.74, 6) is 0. The molecule has 0 radical (unpaired) electrons. The summed E-state index contributed by atoms with van der Waals surface area (Å²) in [6, 6.07) is 4.21. The number of hydrogen-bond donors (Lipinski definition) is 2. The lowest BCUT2D eigenvalue weighted by atomic mass is 10.2. The predicted molar refractivity (Wildman–Crippen MR) is 72.7 cm³/mol. The summed E-state index contributed by atoms with van der Waals surface area (Å²) in [5.41, 5.74) is -0.206. The van der Waals surface area contributed by atoms with Crippen LogP contribution in [-0.4, -0.2) is 26.4 Å². The highest BCUT2D eigenvalue weighted by Crippen LogP contribution is 2.31. The normalized spacial score (nSPS) is 11.3. The molecule has 0 fully saturated rings. The molecule has 0 aliphatic carbocycles. The van der Waals surface area contributed by atoms with Gasteiger partial charge in [0.2, 0.25) is 10.0 Å². The summed E-state index contributed by atoms with van der Waals surface area (Å²) in [6.45, 7) is 4.23. The van der Waals surface area contributed by atoms with E-state index in [0.29, 0.717) is 6.54 Å². The van der Waals surface area contributed by atoms with Gasteiger partial charge in [0.25, 0.3) is 0 Å². The Bertz CT molecular complexity index is 557. The Balaban J connectivity index is 3.36. The third kappa shape index (κ3) is 3.65. The van der Waals surface area contributed by atoms with Crippen molar-refractivity contribution in [3.63, 3.8) is 0 Å². The standard InChI is InChI=1S/C11H17N3O4S/c1-3-8-12-9-6-5-7-10(11(9)14(15)16)19(17,18)13-4-2/h5-7,12-13H,3-4,8H2,1-2H3. The molecule has 1 aromatic carbocycles. The second-order valence-electron chi connectivity index (χ2n) is 3.84. The maximum Gasteiger partial charge on any atom is 0.312 e. The largest absolute Gasteiger partial charge is 0.379 e. The van der Waals surface area contributed by atoms with Gasteiger partial charge in [0.15, 0.2) is 4.90 Å². The van der Waals surface area contributed by atoms with Gasteiger partial charge in [-0.25, -0.2) is 13.1 Å². The van der Waals surface area contributed by atoms with E-state index in [1.165, 1.54) is 18.2 Å². The highest BCUT2D eigenvalue weighted by atomic mass is 32.2. The monoisotopic (exact) mass is 287 g/mol. The van der Waals surface area contributed by atoms with Crippen LogP contribution < -0.4 is 10.0 Å². The van der Waals surface area contributed by atoms with Crippen LogP contribution in [0.2, 0.25) is 0 Å². The Morgan fingerprint density at radius 2 is 2.00 bits per heavy atom. The van der Waals surface area contributed by atoms with E-state index in [1.807, 2.05) is 6.92 Å². The van der Waals surface area contributed by atoms with E-state index in [-0.39, 0.29) is 17.1 Å². The number of nitro groups is 1. The minimum atomic E-state index is -3.87. The molecule has 7 nitrogen and oxygen atoms in total. The molecule has 0 aromatic heterocycles. The SMILES string of the molecule is CCCNc1cccc(S(=O)(=O)NCC)c1[N+](=O)[O-]. The number of nitro benzene ring substituents is 1. The zero-order chi connectivity index (χ0) is 14.5. The number of anilines is 1. The van der Waals surface area contributed by atoms with E-state index >= 15 is 0 Å². The van der Waals surface area contributed by atoms with Crippen LogP contribution in [0.1, 0.15) is 20.3 Å². The first-order valence-electron chi connectivity index (χ1n) is 5.95. The van der Waals surface area contributed by atoms with E-state index in [2.05, 4.69) is 10.0 Å². The predicted octanol–water partition coefficient (Wildman–Crippen LogP) is 1.71. The van der Waals surface area contributed by atoms with E-state index in [4.69, 9.17) is 0 Å². The minimum Gasteiger partial charge on any atom is -0.379 e. The zero-order valence-corrected chi connectivity index (χ0v) is 11.7. The molecule has 0 aliphatic heterocycles. The molecule has 0 aliphatic rings. The molecule has 19 heavy (non-hydrogen) atoms. The van der Waals surface area contributed by atoms with Crippen molar-refractivity contribution in [2.45, 2.75) is 25.2 Å². The fourth-order valence-corrected chi connectivity index (χ4v) is 2.83.